The Morgan fingerprint density at radius 2 is 1.38 bits per heavy atom. The third-order valence-electron chi connectivity index (χ3n) is 0.820. The molecule has 0 bridgehead atoms. The molecule has 0 heterocycles. The molecule has 0 fully saturated rings. The lowest BCUT2D eigenvalue weighted by molar-refractivity contribution is 0.932. The second-order valence-corrected chi connectivity index (χ2v) is 3.03. The van der Waals surface area contributed by atoms with Gasteiger partial charge in [-0.05, 0) is 13.0 Å². The number of rotatable bonds is 3. The average Bonchev–Trinajstić information content (AvgIpc) is 2.22. The minimum Gasteiger partial charge on any atom is -0.330 e. The van der Waals surface area contributed by atoms with E-state index in [1.807, 2.05) is 6.92 Å². The number of nitrogens with zero attached hydrogens (tertiary/aromatic N) is 2. The van der Waals surface area contributed by atoms with Crippen LogP contribution in [0.5, 0.6) is 0 Å². The summed E-state index contributed by atoms with van der Waals surface area (Å²) in [5, 5.41) is 0.802. The molecule has 4 heteroatoms. The van der Waals surface area contributed by atoms with Crippen LogP contribution >= 0.6 is 15.9 Å². The smallest absolute Gasteiger partial charge is 0.224 e. The van der Waals surface area contributed by atoms with Crippen LogP contribution in [0.25, 0.3) is 9.69 Å². The van der Waals surface area contributed by atoms with Crippen LogP contribution in [0.15, 0.2) is 0 Å². The van der Waals surface area contributed by atoms with E-state index in [0.717, 1.165) is 24.7 Å². The van der Waals surface area contributed by atoms with Gasteiger partial charge in [0.1, 0.15) is 0 Å². The van der Waals surface area contributed by atoms with Crippen molar-refractivity contribution in [1.29, 1.82) is 0 Å². The van der Waals surface area contributed by atoms with Crippen molar-refractivity contribution in [3.63, 3.8) is 0 Å². The van der Waals surface area contributed by atoms with Crippen LogP contribution in [0, 0.1) is 13.1 Å². The average molecular weight is 294 g/mol. The van der Waals surface area contributed by atoms with Crippen molar-refractivity contribution >= 4 is 15.9 Å². The predicted octanol–water partition coefficient (Wildman–Crippen LogP) is 4.24. The molecule has 0 saturated heterocycles. The number of alkyl halides is 1. The fraction of sp³-hybridized carbons (Fsp3) is 0.833. The Balaban J connectivity index is -0.0000000358. The second kappa shape index (κ2) is 47.2. The van der Waals surface area contributed by atoms with E-state index in [9.17, 15) is 0 Å². The molecule has 98 valence electrons. The van der Waals surface area contributed by atoms with E-state index < -0.39 is 0 Å². The number of nitrogens with two attached hydrogens (primary N) is 1. The first kappa shape index (κ1) is 29.5. The second-order valence-electron chi connectivity index (χ2n) is 2.24. The maximum atomic E-state index is 6.23. The first-order valence-corrected chi connectivity index (χ1v) is 5.79. The van der Waals surface area contributed by atoms with Gasteiger partial charge in [-0.1, -0.05) is 44.6 Å². The van der Waals surface area contributed by atoms with Crippen molar-refractivity contribution in [2.24, 2.45) is 5.73 Å². The lowest BCUT2D eigenvalue weighted by Crippen LogP contribution is -1.93. The Hall–Kier alpha value is -0.580. The molecule has 0 aromatic heterocycles. The Kier molecular flexibility index (Phi) is 87.1. The third-order valence-corrected chi connectivity index (χ3v) is 1.18. The summed E-state index contributed by atoms with van der Waals surface area (Å²) >= 11 is 3.10. The van der Waals surface area contributed by atoms with Gasteiger partial charge < -0.3 is 15.4 Å². The summed E-state index contributed by atoms with van der Waals surface area (Å²) in [7, 11) is 0. The standard InChI is InChI=1S/C4H7N.C3H4BrN.C3H9N.2CH4/c1-3-4-5-2;1-5-3-2-4;1-2-3-4;;/h3-4H2,1H3;2-3H2;2-4H2,1H3;2*1H4. The summed E-state index contributed by atoms with van der Waals surface area (Å²) in [5.74, 6) is 0. The van der Waals surface area contributed by atoms with Crippen LogP contribution in [0.4, 0.5) is 0 Å². The topological polar surface area (TPSA) is 34.7 Å². The highest BCUT2D eigenvalue weighted by molar-refractivity contribution is 9.09. The first-order chi connectivity index (χ1) is 6.74. The molecule has 0 rings (SSSR count). The molecule has 0 aromatic rings. The van der Waals surface area contributed by atoms with Crippen LogP contribution in [0.3, 0.4) is 0 Å². The molecule has 0 amide bonds. The molecule has 0 spiro atoms. The number of hydrogen-bond donors (Lipinski definition) is 1. The van der Waals surface area contributed by atoms with Crippen molar-refractivity contribution in [2.75, 3.05) is 25.0 Å². The highest BCUT2D eigenvalue weighted by Gasteiger charge is 1.70. The lowest BCUT2D eigenvalue weighted by Gasteiger charge is -1.70. The van der Waals surface area contributed by atoms with E-state index in [0.29, 0.717) is 13.1 Å². The summed E-state index contributed by atoms with van der Waals surface area (Å²) in [6.45, 7) is 18.6. The molecule has 0 radical (unpaired) electrons. The lowest BCUT2D eigenvalue weighted by atomic mass is 10.5. The van der Waals surface area contributed by atoms with Crippen molar-refractivity contribution in [1.82, 2.24) is 0 Å². The summed E-state index contributed by atoms with van der Waals surface area (Å²) < 4.78 is 0. The largest absolute Gasteiger partial charge is 0.330 e. The van der Waals surface area contributed by atoms with Crippen molar-refractivity contribution in [3.05, 3.63) is 22.8 Å². The zero-order valence-corrected chi connectivity index (χ0v) is 10.7. The zero-order valence-electron chi connectivity index (χ0n) is 9.09. The van der Waals surface area contributed by atoms with E-state index in [-0.39, 0.29) is 14.9 Å². The predicted molar refractivity (Wildman–Crippen MR) is 79.8 cm³/mol. The van der Waals surface area contributed by atoms with Crippen molar-refractivity contribution < 1.29 is 0 Å². The van der Waals surface area contributed by atoms with E-state index in [2.05, 4.69) is 32.5 Å². The SMILES string of the molecule is C.C.CCCN.[C-]#[N+]CCBr.[C-]#[N+]CCC. The van der Waals surface area contributed by atoms with Gasteiger partial charge in [-0.2, -0.15) is 0 Å². The van der Waals surface area contributed by atoms with Gasteiger partial charge in [0.05, 0.1) is 5.33 Å². The molecule has 3 nitrogen and oxygen atoms in total. The molecule has 0 unspecified atom stereocenters. The molecule has 0 aliphatic heterocycles. The Labute approximate surface area is 111 Å². The van der Waals surface area contributed by atoms with Gasteiger partial charge in [0.2, 0.25) is 13.1 Å². The Bertz CT molecular complexity index is 129. The number of halogens is 1. The normalized spacial score (nSPS) is 5.88. The summed E-state index contributed by atoms with van der Waals surface area (Å²) in [6.07, 6.45) is 2.09. The summed E-state index contributed by atoms with van der Waals surface area (Å²) in [4.78, 5) is 6.16. The highest BCUT2D eigenvalue weighted by Crippen LogP contribution is 1.76. The molecule has 0 atom stereocenters. The van der Waals surface area contributed by atoms with Gasteiger partial charge in [0.25, 0.3) is 0 Å². The summed E-state index contributed by atoms with van der Waals surface area (Å²) in [6, 6.07) is 0. The fourth-order valence-corrected chi connectivity index (χ4v) is 0.331. The van der Waals surface area contributed by atoms with Gasteiger partial charge in [0, 0.05) is 6.42 Å². The Morgan fingerprint density at radius 1 is 1.00 bits per heavy atom. The van der Waals surface area contributed by atoms with E-state index in [1.54, 1.807) is 0 Å². The van der Waals surface area contributed by atoms with Crippen molar-refractivity contribution in [2.45, 2.75) is 41.5 Å². The summed E-state index contributed by atoms with van der Waals surface area (Å²) in [5.41, 5.74) is 5.03. The maximum Gasteiger partial charge on any atom is 0.224 e. The fourth-order valence-electron chi connectivity index (χ4n) is 0.154. The van der Waals surface area contributed by atoms with Crippen LogP contribution < -0.4 is 5.73 Å². The molecule has 0 aliphatic rings. The molecular formula is C12H28BrN3. The van der Waals surface area contributed by atoms with Gasteiger partial charge in [0.15, 0.2) is 0 Å². The van der Waals surface area contributed by atoms with Gasteiger partial charge in [-0.25, -0.2) is 13.1 Å². The highest BCUT2D eigenvalue weighted by atomic mass is 79.9. The van der Waals surface area contributed by atoms with Gasteiger partial charge >= 0.3 is 0 Å². The monoisotopic (exact) mass is 293 g/mol. The van der Waals surface area contributed by atoms with Gasteiger partial charge in [-0.15, -0.1) is 0 Å². The van der Waals surface area contributed by atoms with Crippen molar-refractivity contribution in [3.8, 4) is 0 Å². The minimum absolute atomic E-state index is 0. The van der Waals surface area contributed by atoms with E-state index >= 15 is 0 Å². The molecule has 0 aromatic carbocycles. The molecule has 2 N–H and O–H groups in total. The molecular weight excluding hydrogens is 266 g/mol. The quantitative estimate of drug-likeness (QED) is 0.613. The minimum atomic E-state index is 0. The maximum absolute atomic E-state index is 6.23. The molecule has 16 heavy (non-hydrogen) atoms. The third kappa shape index (κ3) is 106. The van der Waals surface area contributed by atoms with Crippen LogP contribution in [0.2, 0.25) is 0 Å². The van der Waals surface area contributed by atoms with E-state index in [1.165, 1.54) is 0 Å². The number of hydrogen-bond acceptors (Lipinski definition) is 1. The van der Waals surface area contributed by atoms with E-state index in [4.69, 9.17) is 18.9 Å². The van der Waals surface area contributed by atoms with Crippen LogP contribution in [-0.4, -0.2) is 25.0 Å². The molecule has 0 aliphatic carbocycles. The van der Waals surface area contributed by atoms with Crippen LogP contribution in [0.1, 0.15) is 41.5 Å². The first-order valence-electron chi connectivity index (χ1n) is 4.67. The zero-order chi connectivity index (χ0) is 11.7. The van der Waals surface area contributed by atoms with Gasteiger partial charge in [-0.3, -0.25) is 0 Å². The molecule has 0 saturated carbocycles. The Morgan fingerprint density at radius 3 is 1.38 bits per heavy atom. The van der Waals surface area contributed by atoms with Crippen LogP contribution in [-0.2, 0) is 0 Å².